The Kier molecular flexibility index (Phi) is 3.89. The first-order chi connectivity index (χ1) is 7.47. The number of urea groups is 1. The van der Waals surface area contributed by atoms with E-state index in [4.69, 9.17) is 4.74 Å². The predicted molar refractivity (Wildman–Crippen MR) is 58.5 cm³/mol. The Morgan fingerprint density at radius 2 is 2.12 bits per heavy atom. The Balaban J connectivity index is 3.02. The highest BCUT2D eigenvalue weighted by atomic mass is 16.5. The van der Waals surface area contributed by atoms with Crippen LogP contribution in [0.15, 0.2) is 11.3 Å². The van der Waals surface area contributed by atoms with Crippen molar-refractivity contribution in [3.05, 3.63) is 11.3 Å². The molecule has 0 fully saturated rings. The van der Waals surface area contributed by atoms with Gasteiger partial charge in [0.15, 0.2) is 0 Å². The van der Waals surface area contributed by atoms with E-state index in [0.29, 0.717) is 17.9 Å². The molecule has 90 valence electrons. The van der Waals surface area contributed by atoms with Crippen LogP contribution in [0.2, 0.25) is 0 Å². The van der Waals surface area contributed by atoms with E-state index in [-0.39, 0.29) is 6.03 Å². The number of ether oxygens (including phenoxy) is 1. The van der Waals surface area contributed by atoms with Crippen LogP contribution in [0.4, 0.5) is 4.79 Å². The van der Waals surface area contributed by atoms with Gasteiger partial charge in [-0.3, -0.25) is 4.90 Å². The average molecular weight is 227 g/mol. The molecule has 0 aromatic heterocycles. The van der Waals surface area contributed by atoms with Crippen molar-refractivity contribution in [2.24, 2.45) is 0 Å². The minimum atomic E-state index is -0.451. The molecule has 0 saturated heterocycles. The number of likely N-dealkylation sites (N-methyl/N-ethyl adjacent to an activating group) is 1. The molecule has 0 saturated carbocycles. The summed E-state index contributed by atoms with van der Waals surface area (Å²) in [6, 6.07) is -0.316. The number of amides is 2. The van der Waals surface area contributed by atoms with Gasteiger partial charge in [0, 0.05) is 5.70 Å². The quantitative estimate of drug-likeness (QED) is 0.667. The maximum absolute atomic E-state index is 11.7. The molecule has 0 unspecified atom stereocenters. The molecule has 16 heavy (non-hydrogen) atoms. The fourth-order valence-electron chi connectivity index (χ4n) is 1.54. The Morgan fingerprint density at radius 3 is 2.62 bits per heavy atom. The smallest absolute Gasteiger partial charge is 0.339 e. The zero-order valence-electron chi connectivity index (χ0n) is 9.96. The van der Waals surface area contributed by atoms with Crippen molar-refractivity contribution < 1.29 is 14.3 Å². The normalized spacial score (nSPS) is 20.6. The van der Waals surface area contributed by atoms with Crippen LogP contribution in [0.5, 0.6) is 0 Å². The average Bonchev–Trinajstić information content (AvgIpc) is 2.16. The van der Waals surface area contributed by atoms with E-state index in [0.717, 1.165) is 0 Å². The van der Waals surface area contributed by atoms with Crippen molar-refractivity contribution in [3.8, 4) is 0 Å². The molecule has 0 aromatic rings. The number of nitrogens with one attached hydrogen (secondary N) is 2. The molecule has 1 heterocycles. The van der Waals surface area contributed by atoms with Gasteiger partial charge in [-0.1, -0.05) is 0 Å². The van der Waals surface area contributed by atoms with Gasteiger partial charge >= 0.3 is 12.0 Å². The summed E-state index contributed by atoms with van der Waals surface area (Å²) >= 11 is 0. The fourth-order valence-corrected chi connectivity index (χ4v) is 1.54. The lowest BCUT2D eigenvalue weighted by atomic mass is 10.1. The van der Waals surface area contributed by atoms with Gasteiger partial charge in [-0.2, -0.15) is 0 Å². The SMILES string of the molecule is CCOC(=O)C1=C(C)NC(=O)N[C@H]1N(C)C. The first kappa shape index (κ1) is 12.5. The van der Waals surface area contributed by atoms with E-state index < -0.39 is 12.1 Å². The second-order valence-electron chi connectivity index (χ2n) is 3.72. The lowest BCUT2D eigenvalue weighted by molar-refractivity contribution is -0.139. The summed E-state index contributed by atoms with van der Waals surface area (Å²) in [4.78, 5) is 24.8. The van der Waals surface area contributed by atoms with Crippen molar-refractivity contribution in [3.63, 3.8) is 0 Å². The molecular formula is C10H17N3O3. The zero-order valence-corrected chi connectivity index (χ0v) is 9.96. The summed E-state index contributed by atoms with van der Waals surface area (Å²) in [5.74, 6) is -0.411. The summed E-state index contributed by atoms with van der Waals surface area (Å²) in [7, 11) is 3.56. The summed E-state index contributed by atoms with van der Waals surface area (Å²) in [6.07, 6.45) is -0.451. The van der Waals surface area contributed by atoms with E-state index in [1.165, 1.54) is 0 Å². The molecule has 0 aromatic carbocycles. The molecule has 1 rings (SSSR count). The molecule has 6 heteroatoms. The topological polar surface area (TPSA) is 70.7 Å². The number of hydrogen-bond donors (Lipinski definition) is 2. The second kappa shape index (κ2) is 4.98. The van der Waals surface area contributed by atoms with E-state index in [2.05, 4.69) is 10.6 Å². The molecule has 0 radical (unpaired) electrons. The molecule has 1 aliphatic rings. The fraction of sp³-hybridized carbons (Fsp3) is 0.600. The summed E-state index contributed by atoms with van der Waals surface area (Å²) in [6.45, 7) is 3.73. The molecule has 2 N–H and O–H groups in total. The molecule has 2 amide bonds. The van der Waals surface area contributed by atoms with E-state index >= 15 is 0 Å². The van der Waals surface area contributed by atoms with Gasteiger partial charge in [-0.05, 0) is 27.9 Å². The standard InChI is InChI=1S/C10H17N3O3/c1-5-16-9(14)7-6(2)11-10(15)12-8(7)13(3)4/h8H,5H2,1-4H3,(H2,11,12,15)/t8-/m0/s1. The monoisotopic (exact) mass is 227 g/mol. The number of carbonyl (C=O) groups is 2. The van der Waals surface area contributed by atoms with E-state index in [1.54, 1.807) is 32.8 Å². The number of nitrogens with zero attached hydrogens (tertiary/aromatic N) is 1. The van der Waals surface area contributed by atoms with Crippen molar-refractivity contribution in [1.82, 2.24) is 15.5 Å². The molecule has 1 aliphatic heterocycles. The maximum atomic E-state index is 11.7. The Labute approximate surface area is 94.6 Å². The summed E-state index contributed by atoms with van der Waals surface area (Å²) in [5.41, 5.74) is 0.965. The van der Waals surface area contributed by atoms with Gasteiger partial charge in [0.05, 0.1) is 12.2 Å². The molecule has 0 spiro atoms. The van der Waals surface area contributed by atoms with E-state index in [9.17, 15) is 9.59 Å². The minimum Gasteiger partial charge on any atom is -0.462 e. The van der Waals surface area contributed by atoms with Gasteiger partial charge in [-0.25, -0.2) is 9.59 Å². The van der Waals surface area contributed by atoms with Crippen LogP contribution in [-0.2, 0) is 9.53 Å². The van der Waals surface area contributed by atoms with Gasteiger partial charge in [0.25, 0.3) is 0 Å². The van der Waals surface area contributed by atoms with Crippen LogP contribution in [-0.4, -0.2) is 43.8 Å². The van der Waals surface area contributed by atoms with Gasteiger partial charge in [0.1, 0.15) is 6.17 Å². The van der Waals surface area contributed by atoms with Crippen LogP contribution in [0.25, 0.3) is 0 Å². The van der Waals surface area contributed by atoms with Gasteiger partial charge < -0.3 is 15.4 Å². The van der Waals surface area contributed by atoms with Crippen LogP contribution < -0.4 is 10.6 Å². The third-order valence-corrected chi connectivity index (χ3v) is 2.26. The van der Waals surface area contributed by atoms with Crippen molar-refractivity contribution in [2.45, 2.75) is 20.0 Å². The zero-order chi connectivity index (χ0) is 12.3. The molecule has 1 atom stereocenters. The minimum absolute atomic E-state index is 0.309. The highest BCUT2D eigenvalue weighted by Crippen LogP contribution is 2.15. The van der Waals surface area contributed by atoms with Crippen LogP contribution in [0, 0.1) is 0 Å². The van der Waals surface area contributed by atoms with Gasteiger partial charge in [0.2, 0.25) is 0 Å². The maximum Gasteiger partial charge on any atom is 0.339 e. The Bertz CT molecular complexity index is 336. The summed E-state index contributed by atoms with van der Waals surface area (Å²) in [5, 5.41) is 5.21. The van der Waals surface area contributed by atoms with Crippen LogP contribution in [0.1, 0.15) is 13.8 Å². The predicted octanol–water partition coefficient (Wildman–Crippen LogP) is 0.0240. The third kappa shape index (κ3) is 2.52. The molecular weight excluding hydrogens is 210 g/mol. The lowest BCUT2D eigenvalue weighted by Gasteiger charge is -2.31. The third-order valence-electron chi connectivity index (χ3n) is 2.26. The van der Waals surface area contributed by atoms with E-state index in [1.807, 2.05) is 0 Å². The lowest BCUT2D eigenvalue weighted by Crippen LogP contribution is -2.55. The molecule has 0 bridgehead atoms. The van der Waals surface area contributed by atoms with Gasteiger partial charge in [-0.15, -0.1) is 0 Å². The highest BCUT2D eigenvalue weighted by Gasteiger charge is 2.32. The van der Waals surface area contributed by atoms with Crippen molar-refractivity contribution in [1.29, 1.82) is 0 Å². The van der Waals surface area contributed by atoms with Crippen molar-refractivity contribution in [2.75, 3.05) is 20.7 Å². The first-order valence-corrected chi connectivity index (χ1v) is 5.09. The highest BCUT2D eigenvalue weighted by molar-refractivity contribution is 5.94. The molecule has 0 aliphatic carbocycles. The number of carbonyl (C=O) groups excluding carboxylic acids is 2. The number of esters is 1. The second-order valence-corrected chi connectivity index (χ2v) is 3.72. The molecule has 6 nitrogen and oxygen atoms in total. The number of rotatable bonds is 3. The Hall–Kier alpha value is -1.56. The number of allylic oxidation sites excluding steroid dienone is 1. The first-order valence-electron chi connectivity index (χ1n) is 5.09. The number of hydrogen-bond acceptors (Lipinski definition) is 4. The summed E-state index contributed by atoms with van der Waals surface area (Å²) < 4.78 is 4.95. The van der Waals surface area contributed by atoms with Crippen LogP contribution >= 0.6 is 0 Å². The van der Waals surface area contributed by atoms with Crippen LogP contribution in [0.3, 0.4) is 0 Å². The van der Waals surface area contributed by atoms with Crippen molar-refractivity contribution >= 4 is 12.0 Å². The Morgan fingerprint density at radius 1 is 1.50 bits per heavy atom. The largest absolute Gasteiger partial charge is 0.462 e.